The zero-order valence-corrected chi connectivity index (χ0v) is 9.55. The molecule has 3 nitrogen and oxygen atoms in total. The van der Waals surface area contributed by atoms with E-state index in [9.17, 15) is 9.18 Å². The first-order chi connectivity index (χ1) is 7.63. The lowest BCUT2D eigenvalue weighted by Gasteiger charge is -2.07. The molecule has 0 heterocycles. The minimum absolute atomic E-state index is 0.0169. The van der Waals surface area contributed by atoms with Crippen LogP contribution in [0.5, 0.6) is 5.75 Å². The second-order valence-electron chi connectivity index (χ2n) is 3.60. The van der Waals surface area contributed by atoms with Crippen molar-refractivity contribution in [3.63, 3.8) is 0 Å². The Morgan fingerprint density at radius 3 is 2.81 bits per heavy atom. The van der Waals surface area contributed by atoms with Gasteiger partial charge in [0.05, 0.1) is 0 Å². The van der Waals surface area contributed by atoms with E-state index in [0.717, 1.165) is 0 Å². The van der Waals surface area contributed by atoms with Gasteiger partial charge in [-0.15, -0.1) is 0 Å². The van der Waals surface area contributed by atoms with E-state index in [2.05, 4.69) is 5.32 Å². The Hall–Kier alpha value is -1.42. The molecule has 0 saturated heterocycles. The molecule has 4 heteroatoms. The van der Waals surface area contributed by atoms with Crippen LogP contribution >= 0.6 is 0 Å². The van der Waals surface area contributed by atoms with Crippen LogP contribution in [0.15, 0.2) is 18.2 Å². The molecule has 1 aromatic rings. The first-order valence-corrected chi connectivity index (χ1v) is 5.18. The van der Waals surface area contributed by atoms with E-state index >= 15 is 0 Å². The van der Waals surface area contributed by atoms with Crippen molar-refractivity contribution in [1.82, 2.24) is 5.32 Å². The maximum atomic E-state index is 13.5. The highest BCUT2D eigenvalue weighted by Crippen LogP contribution is 2.18. The Bertz CT molecular complexity index is 366. The zero-order valence-electron chi connectivity index (χ0n) is 9.55. The van der Waals surface area contributed by atoms with Gasteiger partial charge in [-0.05, 0) is 31.7 Å². The van der Waals surface area contributed by atoms with E-state index in [1.165, 1.54) is 13.0 Å². The number of likely N-dealkylation sites (N-methyl/N-ethyl adjacent to an activating group) is 1. The third kappa shape index (κ3) is 3.98. The number of hydrogen-bond donors (Lipinski definition) is 1. The van der Waals surface area contributed by atoms with Crippen LogP contribution < -0.4 is 10.1 Å². The smallest absolute Gasteiger partial charge is 0.165 e. The van der Waals surface area contributed by atoms with Gasteiger partial charge in [-0.2, -0.15) is 0 Å². The summed E-state index contributed by atoms with van der Waals surface area (Å²) in [4.78, 5) is 10.9. The van der Waals surface area contributed by atoms with Crippen molar-refractivity contribution in [3.8, 4) is 5.75 Å². The SMILES string of the molecule is CNCCOc1ccc(CC(C)=O)cc1F. The van der Waals surface area contributed by atoms with E-state index in [0.29, 0.717) is 18.7 Å². The number of hydrogen-bond acceptors (Lipinski definition) is 3. The summed E-state index contributed by atoms with van der Waals surface area (Å²) in [7, 11) is 1.80. The van der Waals surface area contributed by atoms with E-state index in [-0.39, 0.29) is 18.0 Å². The number of ether oxygens (including phenoxy) is 1. The van der Waals surface area contributed by atoms with E-state index in [1.54, 1.807) is 19.2 Å². The second-order valence-corrected chi connectivity index (χ2v) is 3.60. The van der Waals surface area contributed by atoms with Crippen molar-refractivity contribution in [2.45, 2.75) is 13.3 Å². The van der Waals surface area contributed by atoms with Crippen molar-refractivity contribution in [2.24, 2.45) is 0 Å². The molecule has 0 fully saturated rings. The van der Waals surface area contributed by atoms with Crippen molar-refractivity contribution in [3.05, 3.63) is 29.6 Å². The van der Waals surface area contributed by atoms with Crippen LogP contribution in [-0.2, 0) is 11.2 Å². The summed E-state index contributed by atoms with van der Waals surface area (Å²) < 4.78 is 18.7. The van der Waals surface area contributed by atoms with Crippen LogP contribution in [-0.4, -0.2) is 26.0 Å². The maximum absolute atomic E-state index is 13.5. The van der Waals surface area contributed by atoms with Crippen LogP contribution in [0.4, 0.5) is 4.39 Å². The summed E-state index contributed by atoms with van der Waals surface area (Å²) in [5.74, 6) is -0.180. The minimum atomic E-state index is -0.421. The van der Waals surface area contributed by atoms with Crippen molar-refractivity contribution < 1.29 is 13.9 Å². The minimum Gasteiger partial charge on any atom is -0.489 e. The molecule has 0 saturated carbocycles. The van der Waals surface area contributed by atoms with E-state index in [1.807, 2.05) is 0 Å². The molecule has 1 aromatic carbocycles. The topological polar surface area (TPSA) is 38.3 Å². The summed E-state index contributed by atoms with van der Waals surface area (Å²) in [6, 6.07) is 4.61. The first kappa shape index (κ1) is 12.6. The second kappa shape index (κ2) is 6.23. The molecule has 0 bridgehead atoms. The molecule has 1 rings (SSSR count). The van der Waals surface area contributed by atoms with Gasteiger partial charge >= 0.3 is 0 Å². The highest BCUT2D eigenvalue weighted by molar-refractivity contribution is 5.78. The number of nitrogens with one attached hydrogen (secondary N) is 1. The summed E-state index contributed by atoms with van der Waals surface area (Å²) >= 11 is 0. The molecule has 0 aliphatic heterocycles. The molecule has 0 aliphatic carbocycles. The average molecular weight is 225 g/mol. The van der Waals surface area contributed by atoms with Crippen LogP contribution in [0.3, 0.4) is 0 Å². The summed E-state index contributed by atoms with van der Waals surface area (Å²) in [5, 5.41) is 2.90. The Morgan fingerprint density at radius 2 is 2.25 bits per heavy atom. The van der Waals surface area contributed by atoms with Gasteiger partial charge < -0.3 is 10.1 Å². The lowest BCUT2D eigenvalue weighted by Crippen LogP contribution is -2.16. The first-order valence-electron chi connectivity index (χ1n) is 5.18. The summed E-state index contributed by atoms with van der Waals surface area (Å²) in [5.41, 5.74) is 0.672. The Morgan fingerprint density at radius 1 is 1.50 bits per heavy atom. The predicted octanol–water partition coefficient (Wildman–Crippen LogP) is 1.56. The lowest BCUT2D eigenvalue weighted by atomic mass is 10.1. The number of rotatable bonds is 6. The van der Waals surface area contributed by atoms with Gasteiger partial charge in [-0.1, -0.05) is 6.07 Å². The monoisotopic (exact) mass is 225 g/mol. The standard InChI is InChI=1S/C12H16FNO2/c1-9(15)7-10-3-4-12(11(13)8-10)16-6-5-14-2/h3-4,8,14H,5-7H2,1-2H3. The number of halogens is 1. The third-order valence-corrected chi connectivity index (χ3v) is 2.06. The molecule has 0 aromatic heterocycles. The fraction of sp³-hybridized carbons (Fsp3) is 0.417. The third-order valence-electron chi connectivity index (χ3n) is 2.06. The van der Waals surface area contributed by atoms with Gasteiger partial charge in [-0.3, -0.25) is 4.79 Å². The number of carbonyl (C=O) groups excluding carboxylic acids is 1. The largest absolute Gasteiger partial charge is 0.489 e. The summed E-state index contributed by atoms with van der Waals surface area (Å²) in [6.45, 7) is 2.56. The molecule has 88 valence electrons. The van der Waals surface area contributed by atoms with Gasteiger partial charge in [0.2, 0.25) is 0 Å². The number of Topliss-reactive ketones (excluding diaryl/α,β-unsaturated/α-hetero) is 1. The zero-order chi connectivity index (χ0) is 12.0. The summed E-state index contributed by atoms with van der Waals surface area (Å²) in [6.07, 6.45) is 0.258. The maximum Gasteiger partial charge on any atom is 0.165 e. The normalized spacial score (nSPS) is 10.2. The molecule has 1 N–H and O–H groups in total. The molecule has 0 unspecified atom stereocenters. The van der Waals surface area contributed by atoms with Crippen molar-refractivity contribution >= 4 is 5.78 Å². The average Bonchev–Trinajstić information content (AvgIpc) is 2.20. The molecule has 0 amide bonds. The highest BCUT2D eigenvalue weighted by atomic mass is 19.1. The molecular formula is C12H16FNO2. The predicted molar refractivity (Wildman–Crippen MR) is 60.2 cm³/mol. The van der Waals surface area contributed by atoms with E-state index < -0.39 is 5.82 Å². The Labute approximate surface area is 94.6 Å². The van der Waals surface area contributed by atoms with E-state index in [4.69, 9.17) is 4.74 Å². The van der Waals surface area contributed by atoms with Crippen molar-refractivity contribution in [2.75, 3.05) is 20.2 Å². The van der Waals surface area contributed by atoms with Gasteiger partial charge in [0.1, 0.15) is 12.4 Å². The van der Waals surface area contributed by atoms with Gasteiger partial charge in [-0.25, -0.2) is 4.39 Å². The quantitative estimate of drug-likeness (QED) is 0.747. The van der Waals surface area contributed by atoms with Crippen LogP contribution in [0.1, 0.15) is 12.5 Å². The Balaban J connectivity index is 2.64. The number of carbonyl (C=O) groups is 1. The molecule has 0 radical (unpaired) electrons. The fourth-order valence-corrected chi connectivity index (χ4v) is 1.32. The number of ketones is 1. The van der Waals surface area contributed by atoms with Gasteiger partial charge in [0, 0.05) is 13.0 Å². The van der Waals surface area contributed by atoms with Crippen LogP contribution in [0, 0.1) is 5.82 Å². The molecular weight excluding hydrogens is 209 g/mol. The van der Waals surface area contributed by atoms with Gasteiger partial charge in [0.25, 0.3) is 0 Å². The van der Waals surface area contributed by atoms with Crippen molar-refractivity contribution in [1.29, 1.82) is 0 Å². The molecule has 0 aliphatic rings. The highest BCUT2D eigenvalue weighted by Gasteiger charge is 2.05. The van der Waals surface area contributed by atoms with Gasteiger partial charge in [0.15, 0.2) is 11.6 Å². The molecule has 0 atom stereocenters. The fourth-order valence-electron chi connectivity index (χ4n) is 1.32. The molecule has 16 heavy (non-hydrogen) atoms. The van der Waals surface area contributed by atoms with Crippen LogP contribution in [0.25, 0.3) is 0 Å². The van der Waals surface area contributed by atoms with Crippen LogP contribution in [0.2, 0.25) is 0 Å². The lowest BCUT2D eigenvalue weighted by molar-refractivity contribution is -0.116. The Kier molecular flexibility index (Phi) is 4.92. The number of benzene rings is 1. The molecule has 0 spiro atoms.